The lowest BCUT2D eigenvalue weighted by Gasteiger charge is -2.32. The van der Waals surface area contributed by atoms with Crippen molar-refractivity contribution < 1.29 is 9.53 Å². The van der Waals surface area contributed by atoms with Crippen molar-refractivity contribution in [2.24, 2.45) is 5.92 Å². The minimum atomic E-state index is -0.0838. The number of carbonyl (C=O) groups is 1. The maximum atomic E-state index is 12.8. The Morgan fingerprint density at radius 1 is 1.07 bits per heavy atom. The number of hydrogen-bond donors (Lipinski definition) is 1. The molecule has 0 radical (unpaired) electrons. The first kappa shape index (κ1) is 18.2. The van der Waals surface area contributed by atoms with Crippen LogP contribution >= 0.6 is 0 Å². The molecule has 0 unspecified atom stereocenters. The number of amides is 1. The molecule has 1 aromatic heterocycles. The number of nitrogens with one attached hydrogen (secondary N) is 1. The Bertz CT molecular complexity index is 1010. The van der Waals surface area contributed by atoms with Crippen LogP contribution in [0, 0.1) is 5.92 Å². The zero-order valence-corrected chi connectivity index (χ0v) is 16.5. The van der Waals surface area contributed by atoms with Crippen LogP contribution in [0.5, 0.6) is 5.75 Å². The van der Waals surface area contributed by atoms with Crippen LogP contribution in [0.1, 0.15) is 28.9 Å². The Morgan fingerprint density at radius 3 is 2.72 bits per heavy atom. The molecule has 1 fully saturated rings. The minimum Gasteiger partial charge on any atom is -0.489 e. The topological polar surface area (TPSA) is 59.4 Å². The lowest BCUT2D eigenvalue weighted by Crippen LogP contribution is -2.38. The highest BCUT2D eigenvalue weighted by atomic mass is 16.5. The number of aromatic nitrogens is 2. The Morgan fingerprint density at radius 2 is 1.90 bits per heavy atom. The number of likely N-dealkylation sites (tertiary alicyclic amines) is 1. The molecule has 2 aliphatic rings. The number of nitrogens with zero attached hydrogens (tertiary/aromatic N) is 3. The molecule has 6 heteroatoms. The van der Waals surface area contributed by atoms with Gasteiger partial charge in [-0.15, -0.1) is 0 Å². The van der Waals surface area contributed by atoms with Gasteiger partial charge in [-0.25, -0.2) is 0 Å². The summed E-state index contributed by atoms with van der Waals surface area (Å²) in [5, 5.41) is 8.56. The number of ether oxygens (including phenoxy) is 1. The molecule has 1 N–H and O–H groups in total. The third-order valence-electron chi connectivity index (χ3n) is 6.02. The predicted molar refractivity (Wildman–Crippen MR) is 112 cm³/mol. The van der Waals surface area contributed by atoms with Crippen molar-refractivity contribution in [1.82, 2.24) is 20.0 Å². The summed E-state index contributed by atoms with van der Waals surface area (Å²) in [6.07, 6.45) is 2.22. The second-order valence-corrected chi connectivity index (χ2v) is 7.99. The summed E-state index contributed by atoms with van der Waals surface area (Å²) in [4.78, 5) is 15.3. The monoisotopic (exact) mass is 390 g/mol. The molecule has 0 atom stereocenters. The summed E-state index contributed by atoms with van der Waals surface area (Å²) < 4.78 is 7.59. The van der Waals surface area contributed by atoms with Gasteiger partial charge in [0.1, 0.15) is 17.9 Å². The molecule has 2 aliphatic heterocycles. The van der Waals surface area contributed by atoms with Gasteiger partial charge in [-0.3, -0.25) is 14.4 Å². The molecule has 150 valence electrons. The molecule has 0 spiro atoms. The Balaban J connectivity index is 1.17. The van der Waals surface area contributed by atoms with Gasteiger partial charge in [0.05, 0.1) is 6.54 Å². The molecule has 3 aromatic rings. The highest BCUT2D eigenvalue weighted by Crippen LogP contribution is 2.30. The Kier molecular flexibility index (Phi) is 4.94. The van der Waals surface area contributed by atoms with Gasteiger partial charge in [-0.05, 0) is 43.5 Å². The molecule has 1 amide bonds. The quantitative estimate of drug-likeness (QED) is 0.727. The maximum Gasteiger partial charge on any atom is 0.272 e. The van der Waals surface area contributed by atoms with E-state index in [2.05, 4.69) is 45.6 Å². The fraction of sp³-hybridized carbons (Fsp3) is 0.391. The molecule has 0 bridgehead atoms. The average Bonchev–Trinajstić information content (AvgIpc) is 3.15. The van der Waals surface area contributed by atoms with Crippen LogP contribution in [0.3, 0.4) is 0 Å². The van der Waals surface area contributed by atoms with Gasteiger partial charge in [0.2, 0.25) is 0 Å². The van der Waals surface area contributed by atoms with Crippen molar-refractivity contribution in [3.05, 3.63) is 59.8 Å². The normalized spacial score (nSPS) is 17.2. The van der Waals surface area contributed by atoms with Gasteiger partial charge in [0, 0.05) is 18.5 Å². The lowest BCUT2D eigenvalue weighted by molar-refractivity contribution is 0.0930. The van der Waals surface area contributed by atoms with E-state index in [-0.39, 0.29) is 5.91 Å². The van der Waals surface area contributed by atoms with E-state index in [1.54, 1.807) is 0 Å². The summed E-state index contributed by atoms with van der Waals surface area (Å²) in [5.41, 5.74) is 2.80. The minimum absolute atomic E-state index is 0.0838. The number of hydrogen-bond acceptors (Lipinski definition) is 4. The van der Waals surface area contributed by atoms with Crippen molar-refractivity contribution in [2.75, 3.05) is 26.2 Å². The van der Waals surface area contributed by atoms with E-state index >= 15 is 0 Å². The van der Waals surface area contributed by atoms with Crippen LogP contribution in [0.15, 0.2) is 48.5 Å². The second-order valence-electron chi connectivity index (χ2n) is 7.99. The van der Waals surface area contributed by atoms with Crippen LogP contribution in [-0.4, -0.2) is 46.8 Å². The first-order valence-corrected chi connectivity index (χ1v) is 10.4. The van der Waals surface area contributed by atoms with E-state index in [1.807, 2.05) is 22.9 Å². The van der Waals surface area contributed by atoms with Crippen LogP contribution < -0.4 is 10.1 Å². The van der Waals surface area contributed by atoms with Crippen molar-refractivity contribution in [1.29, 1.82) is 0 Å². The fourth-order valence-corrected chi connectivity index (χ4v) is 4.40. The number of rotatable bonds is 5. The average molecular weight is 390 g/mol. The summed E-state index contributed by atoms with van der Waals surface area (Å²) >= 11 is 0. The molecule has 0 saturated carbocycles. The summed E-state index contributed by atoms with van der Waals surface area (Å²) in [5.74, 6) is 1.25. The molecule has 5 rings (SSSR count). The Labute approximate surface area is 170 Å². The zero-order chi connectivity index (χ0) is 19.6. The molecule has 3 heterocycles. The van der Waals surface area contributed by atoms with Gasteiger partial charge >= 0.3 is 0 Å². The van der Waals surface area contributed by atoms with Gasteiger partial charge < -0.3 is 10.1 Å². The third kappa shape index (κ3) is 3.72. The van der Waals surface area contributed by atoms with Gasteiger partial charge in [-0.2, -0.15) is 5.10 Å². The predicted octanol–water partition coefficient (Wildman–Crippen LogP) is 3.07. The molecular formula is C23H26N4O2. The van der Waals surface area contributed by atoms with E-state index in [1.165, 1.54) is 5.56 Å². The fourth-order valence-electron chi connectivity index (χ4n) is 4.40. The standard InChI is InChI=1S/C23H26N4O2/c28-23(21-19-7-4-8-20-22(19)27(25-21)13-14-29-20)24-15-17-9-11-26(12-10-17)16-18-5-2-1-3-6-18/h1-8,17H,9-16H2,(H,24,28). The third-order valence-corrected chi connectivity index (χ3v) is 6.02. The number of benzene rings is 2. The smallest absolute Gasteiger partial charge is 0.272 e. The number of carbonyl (C=O) groups excluding carboxylic acids is 1. The molecule has 1 saturated heterocycles. The van der Waals surface area contributed by atoms with E-state index in [4.69, 9.17) is 4.74 Å². The molecule has 0 aliphatic carbocycles. The summed E-state index contributed by atoms with van der Waals surface area (Å²) in [6, 6.07) is 16.4. The maximum absolute atomic E-state index is 12.8. The lowest BCUT2D eigenvalue weighted by atomic mass is 9.96. The SMILES string of the molecule is O=C(NCC1CCN(Cc2ccccc2)CC1)c1nn2c3c(cccc13)OCC2. The number of para-hydroxylation sites is 1. The van der Waals surface area contributed by atoms with Gasteiger partial charge in [0.25, 0.3) is 5.91 Å². The van der Waals surface area contributed by atoms with Crippen molar-refractivity contribution >= 4 is 16.8 Å². The van der Waals surface area contributed by atoms with Crippen molar-refractivity contribution in [3.63, 3.8) is 0 Å². The molecule has 2 aromatic carbocycles. The largest absolute Gasteiger partial charge is 0.489 e. The van der Waals surface area contributed by atoms with Crippen LogP contribution in [0.2, 0.25) is 0 Å². The first-order valence-electron chi connectivity index (χ1n) is 10.4. The molecular weight excluding hydrogens is 364 g/mol. The molecule has 29 heavy (non-hydrogen) atoms. The summed E-state index contributed by atoms with van der Waals surface area (Å²) in [6.45, 7) is 5.15. The van der Waals surface area contributed by atoms with Crippen molar-refractivity contribution in [3.8, 4) is 5.75 Å². The van der Waals surface area contributed by atoms with E-state index < -0.39 is 0 Å². The van der Waals surface area contributed by atoms with Crippen molar-refractivity contribution in [2.45, 2.75) is 25.9 Å². The zero-order valence-electron chi connectivity index (χ0n) is 16.5. The van der Waals surface area contributed by atoms with Crippen LogP contribution in [0.25, 0.3) is 10.9 Å². The summed E-state index contributed by atoms with van der Waals surface area (Å²) in [7, 11) is 0. The molecule has 6 nitrogen and oxygen atoms in total. The van der Waals surface area contributed by atoms with E-state index in [0.717, 1.165) is 49.1 Å². The van der Waals surface area contributed by atoms with Crippen LogP contribution in [0.4, 0.5) is 0 Å². The van der Waals surface area contributed by atoms with E-state index in [0.29, 0.717) is 31.3 Å². The van der Waals surface area contributed by atoms with Gasteiger partial charge in [0.15, 0.2) is 5.69 Å². The number of piperidine rings is 1. The highest BCUT2D eigenvalue weighted by Gasteiger charge is 2.24. The second kappa shape index (κ2) is 7.87. The van der Waals surface area contributed by atoms with Crippen LogP contribution in [-0.2, 0) is 13.1 Å². The highest BCUT2D eigenvalue weighted by molar-refractivity contribution is 6.06. The first-order chi connectivity index (χ1) is 14.3. The Hall–Kier alpha value is -2.86. The van der Waals surface area contributed by atoms with Gasteiger partial charge in [-0.1, -0.05) is 42.5 Å². The van der Waals surface area contributed by atoms with E-state index in [9.17, 15) is 4.79 Å².